The van der Waals surface area contributed by atoms with Gasteiger partial charge in [0.1, 0.15) is 5.03 Å². The highest BCUT2D eigenvalue weighted by Gasteiger charge is 2.07. The lowest BCUT2D eigenvalue weighted by Gasteiger charge is -2.07. The standard InChI is InChI=1S/C19H15BrClN3OS/c1-12-2-7-15(10-16(12)21)22-18(25)11-26-19-9-8-17(23-24-19)13-3-5-14(20)6-4-13/h2-10H,11H2,1H3,(H,22,25). The van der Waals surface area contributed by atoms with Gasteiger partial charge < -0.3 is 5.32 Å². The van der Waals surface area contributed by atoms with Crippen LogP contribution >= 0.6 is 39.3 Å². The summed E-state index contributed by atoms with van der Waals surface area (Å²) in [6, 6.07) is 17.1. The second kappa shape index (κ2) is 8.66. The molecule has 1 aromatic heterocycles. The third kappa shape index (κ3) is 5.06. The molecule has 0 fully saturated rings. The van der Waals surface area contributed by atoms with E-state index >= 15 is 0 Å². The van der Waals surface area contributed by atoms with Gasteiger partial charge in [-0.25, -0.2) is 0 Å². The number of rotatable bonds is 5. The van der Waals surface area contributed by atoms with Crippen LogP contribution in [-0.4, -0.2) is 21.9 Å². The molecule has 0 spiro atoms. The van der Waals surface area contributed by atoms with E-state index in [4.69, 9.17) is 11.6 Å². The molecule has 0 aliphatic heterocycles. The van der Waals surface area contributed by atoms with E-state index in [1.807, 2.05) is 55.5 Å². The van der Waals surface area contributed by atoms with Crippen LogP contribution in [0, 0.1) is 6.92 Å². The Morgan fingerprint density at radius 2 is 1.88 bits per heavy atom. The van der Waals surface area contributed by atoms with E-state index < -0.39 is 0 Å². The van der Waals surface area contributed by atoms with Crippen molar-refractivity contribution in [1.29, 1.82) is 0 Å². The summed E-state index contributed by atoms with van der Waals surface area (Å²) < 4.78 is 1.02. The average molecular weight is 449 g/mol. The first kappa shape index (κ1) is 18.9. The van der Waals surface area contributed by atoms with E-state index in [1.54, 1.807) is 6.07 Å². The first-order valence-electron chi connectivity index (χ1n) is 7.80. The van der Waals surface area contributed by atoms with Gasteiger partial charge in [0.25, 0.3) is 0 Å². The Morgan fingerprint density at radius 1 is 1.12 bits per heavy atom. The van der Waals surface area contributed by atoms with Crippen molar-refractivity contribution in [3.8, 4) is 11.3 Å². The van der Waals surface area contributed by atoms with Crippen molar-refractivity contribution in [3.05, 3.63) is 69.7 Å². The zero-order valence-corrected chi connectivity index (χ0v) is 17.0. The molecule has 0 saturated carbocycles. The number of hydrogen-bond donors (Lipinski definition) is 1. The van der Waals surface area contributed by atoms with Crippen LogP contribution in [0.15, 0.2) is 64.1 Å². The molecule has 1 amide bonds. The molecule has 3 aromatic rings. The highest BCUT2D eigenvalue weighted by molar-refractivity contribution is 9.10. The number of benzene rings is 2. The van der Waals surface area contributed by atoms with Crippen molar-refractivity contribution in [2.24, 2.45) is 0 Å². The Hall–Kier alpha value is -1.89. The predicted octanol–water partition coefficient (Wildman–Crippen LogP) is 5.60. The molecule has 0 bridgehead atoms. The lowest BCUT2D eigenvalue weighted by molar-refractivity contribution is -0.113. The zero-order chi connectivity index (χ0) is 18.5. The van der Waals surface area contributed by atoms with Crippen molar-refractivity contribution in [3.63, 3.8) is 0 Å². The van der Waals surface area contributed by atoms with Gasteiger partial charge in [0, 0.05) is 20.7 Å². The molecule has 26 heavy (non-hydrogen) atoms. The van der Waals surface area contributed by atoms with Gasteiger partial charge in [-0.05, 0) is 48.9 Å². The number of halogens is 2. The van der Waals surface area contributed by atoms with Gasteiger partial charge in [-0.15, -0.1) is 10.2 Å². The fourth-order valence-corrected chi connectivity index (χ4v) is 3.24. The molecule has 3 rings (SSSR count). The Balaban J connectivity index is 1.56. The quantitative estimate of drug-likeness (QED) is 0.516. The molecule has 0 radical (unpaired) electrons. The lowest BCUT2D eigenvalue weighted by Crippen LogP contribution is -2.14. The van der Waals surface area contributed by atoms with Crippen molar-refractivity contribution in [2.75, 3.05) is 11.1 Å². The minimum atomic E-state index is -0.117. The second-order valence-corrected chi connectivity index (χ2v) is 7.88. The zero-order valence-electron chi connectivity index (χ0n) is 13.9. The van der Waals surface area contributed by atoms with Gasteiger partial charge in [-0.2, -0.15) is 0 Å². The summed E-state index contributed by atoms with van der Waals surface area (Å²) in [6.45, 7) is 1.92. The van der Waals surface area contributed by atoms with Crippen LogP contribution in [0.2, 0.25) is 5.02 Å². The molecule has 0 aliphatic carbocycles. The Morgan fingerprint density at radius 3 is 2.54 bits per heavy atom. The number of aryl methyl sites for hydroxylation is 1. The van der Waals surface area contributed by atoms with E-state index in [-0.39, 0.29) is 11.7 Å². The number of aromatic nitrogens is 2. The summed E-state index contributed by atoms with van der Waals surface area (Å²) in [7, 11) is 0. The number of carbonyl (C=O) groups excluding carboxylic acids is 1. The first-order chi connectivity index (χ1) is 12.5. The average Bonchev–Trinajstić information content (AvgIpc) is 2.64. The highest BCUT2D eigenvalue weighted by Crippen LogP contribution is 2.23. The number of nitrogens with zero attached hydrogens (tertiary/aromatic N) is 2. The predicted molar refractivity (Wildman–Crippen MR) is 111 cm³/mol. The number of amides is 1. The SMILES string of the molecule is Cc1ccc(NC(=O)CSc2ccc(-c3ccc(Br)cc3)nn2)cc1Cl. The van der Waals surface area contributed by atoms with E-state index in [9.17, 15) is 4.79 Å². The molecule has 0 saturated heterocycles. The largest absolute Gasteiger partial charge is 0.325 e. The van der Waals surface area contributed by atoms with Crippen LogP contribution in [0.4, 0.5) is 5.69 Å². The van der Waals surface area contributed by atoms with Gasteiger partial charge in [-0.3, -0.25) is 4.79 Å². The number of hydrogen-bond acceptors (Lipinski definition) is 4. The summed E-state index contributed by atoms with van der Waals surface area (Å²) in [5.41, 5.74) is 3.44. The summed E-state index contributed by atoms with van der Waals surface area (Å²) in [4.78, 5) is 12.1. The van der Waals surface area contributed by atoms with Crippen LogP contribution in [0.25, 0.3) is 11.3 Å². The Kier molecular flexibility index (Phi) is 6.29. The van der Waals surface area contributed by atoms with E-state index in [0.717, 1.165) is 21.3 Å². The summed E-state index contributed by atoms with van der Waals surface area (Å²) in [6.07, 6.45) is 0. The van der Waals surface area contributed by atoms with Crippen molar-refractivity contribution in [1.82, 2.24) is 10.2 Å². The topological polar surface area (TPSA) is 54.9 Å². The van der Waals surface area contributed by atoms with Crippen LogP contribution in [0.5, 0.6) is 0 Å². The molecule has 7 heteroatoms. The number of thioether (sulfide) groups is 1. The van der Waals surface area contributed by atoms with E-state index in [1.165, 1.54) is 11.8 Å². The van der Waals surface area contributed by atoms with Gasteiger partial charge >= 0.3 is 0 Å². The van der Waals surface area contributed by atoms with Crippen molar-refractivity contribution >= 4 is 50.9 Å². The van der Waals surface area contributed by atoms with Crippen LogP contribution in [-0.2, 0) is 4.79 Å². The van der Waals surface area contributed by atoms with Crippen molar-refractivity contribution in [2.45, 2.75) is 11.9 Å². The van der Waals surface area contributed by atoms with Crippen LogP contribution < -0.4 is 5.32 Å². The highest BCUT2D eigenvalue weighted by atomic mass is 79.9. The maximum absolute atomic E-state index is 12.1. The molecule has 132 valence electrons. The fraction of sp³-hybridized carbons (Fsp3) is 0.105. The molecular formula is C19H15BrClN3OS. The number of carbonyl (C=O) groups is 1. The molecule has 2 aromatic carbocycles. The molecular weight excluding hydrogens is 434 g/mol. The minimum Gasteiger partial charge on any atom is -0.325 e. The second-order valence-electron chi connectivity index (χ2n) is 5.56. The molecule has 1 N–H and O–H groups in total. The third-order valence-corrected chi connectivity index (χ3v) is 5.44. The molecule has 4 nitrogen and oxygen atoms in total. The Bertz CT molecular complexity index is 917. The molecule has 1 heterocycles. The summed E-state index contributed by atoms with van der Waals surface area (Å²) >= 11 is 10.8. The smallest absolute Gasteiger partial charge is 0.234 e. The van der Waals surface area contributed by atoms with E-state index in [2.05, 4.69) is 31.4 Å². The van der Waals surface area contributed by atoms with E-state index in [0.29, 0.717) is 15.7 Å². The monoisotopic (exact) mass is 447 g/mol. The fourth-order valence-electron chi connectivity index (χ4n) is 2.18. The van der Waals surface area contributed by atoms with Gasteiger partial charge in [0.05, 0.1) is 11.4 Å². The maximum Gasteiger partial charge on any atom is 0.234 e. The van der Waals surface area contributed by atoms with Crippen LogP contribution in [0.1, 0.15) is 5.56 Å². The van der Waals surface area contributed by atoms with Crippen molar-refractivity contribution < 1.29 is 4.79 Å². The summed E-state index contributed by atoms with van der Waals surface area (Å²) in [5.74, 6) is 0.131. The van der Waals surface area contributed by atoms with Gasteiger partial charge in [0.2, 0.25) is 5.91 Å². The number of nitrogens with one attached hydrogen (secondary N) is 1. The van der Waals surface area contributed by atoms with Gasteiger partial charge in [0.15, 0.2) is 0 Å². The Labute approximate surface area is 169 Å². The summed E-state index contributed by atoms with van der Waals surface area (Å²) in [5, 5.41) is 12.6. The normalized spacial score (nSPS) is 10.6. The molecule has 0 aliphatic rings. The molecule has 0 unspecified atom stereocenters. The lowest BCUT2D eigenvalue weighted by atomic mass is 10.1. The minimum absolute atomic E-state index is 0.117. The molecule has 0 atom stereocenters. The first-order valence-corrected chi connectivity index (χ1v) is 9.95. The maximum atomic E-state index is 12.1. The van der Waals surface area contributed by atoms with Crippen LogP contribution in [0.3, 0.4) is 0 Å². The number of anilines is 1. The third-order valence-electron chi connectivity index (χ3n) is 3.59. The van der Waals surface area contributed by atoms with Gasteiger partial charge in [-0.1, -0.05) is 57.5 Å².